The van der Waals surface area contributed by atoms with Crippen LogP contribution in [0.5, 0.6) is 0 Å². The maximum absolute atomic E-state index is 9.88. The van der Waals surface area contributed by atoms with Gasteiger partial charge < -0.3 is 13.6 Å². The van der Waals surface area contributed by atoms with E-state index in [1.165, 1.54) is 31.8 Å². The molecular formula is C56H39N3OSi. The van der Waals surface area contributed by atoms with Gasteiger partial charge in [-0.15, -0.1) is 0 Å². The van der Waals surface area contributed by atoms with Gasteiger partial charge in [-0.2, -0.15) is 5.26 Å². The first-order valence-corrected chi connectivity index (χ1v) is 23.1. The van der Waals surface area contributed by atoms with Crippen molar-refractivity contribution < 1.29 is 4.42 Å². The second kappa shape index (κ2) is 13.7. The highest BCUT2D eigenvalue weighted by atomic mass is 28.3. The van der Waals surface area contributed by atoms with Crippen LogP contribution in [0.4, 0.5) is 0 Å². The zero-order chi connectivity index (χ0) is 40.7. The number of para-hydroxylation sites is 3. The van der Waals surface area contributed by atoms with E-state index in [0.717, 1.165) is 60.6 Å². The summed E-state index contributed by atoms with van der Waals surface area (Å²) in [7, 11) is -2.97. The van der Waals surface area contributed by atoms with Gasteiger partial charge in [0.05, 0.1) is 39.1 Å². The minimum Gasteiger partial charge on any atom is -0.456 e. The van der Waals surface area contributed by atoms with E-state index >= 15 is 0 Å². The fourth-order valence-electron chi connectivity index (χ4n) is 10.7. The molecule has 0 saturated carbocycles. The highest BCUT2D eigenvalue weighted by molar-refractivity contribution is 7.12. The monoisotopic (exact) mass is 797 g/mol. The van der Waals surface area contributed by atoms with E-state index < -0.39 is 8.07 Å². The molecule has 0 N–H and O–H groups in total. The summed E-state index contributed by atoms with van der Waals surface area (Å²) in [6.07, 6.45) is 9.34. The lowest BCUT2D eigenvalue weighted by Gasteiger charge is -2.42. The standard InChI is InChI=1S/C56H39N3OSi/c1-37-15-5-12-28-54(37)61(41-18-3-2-4-19-41,42-20-13-16-39(34-42)58-49-25-9-7-23-45(49)48-33-38(36-57)29-31-51(48)58)43-21-14-17-40(35-43)59-50-26-10-6-22-44(50)46-30-32-53-55(56(46)59)47-24-8-11-27-52(47)60-53/h2-35,37,54H,1H3. The first kappa shape index (κ1) is 35.3. The van der Waals surface area contributed by atoms with Crippen LogP contribution in [0.2, 0.25) is 5.54 Å². The summed E-state index contributed by atoms with van der Waals surface area (Å²) in [4.78, 5) is 0. The van der Waals surface area contributed by atoms with Gasteiger partial charge in [0.15, 0.2) is 8.07 Å². The normalized spacial score (nSPS) is 16.3. The van der Waals surface area contributed by atoms with E-state index in [9.17, 15) is 5.26 Å². The smallest absolute Gasteiger partial charge is 0.155 e. The number of nitrogens with zero attached hydrogens (tertiary/aromatic N) is 3. The molecule has 0 fully saturated rings. The zero-order valence-corrected chi connectivity index (χ0v) is 34.5. The van der Waals surface area contributed by atoms with Gasteiger partial charge in [-0.3, -0.25) is 0 Å². The van der Waals surface area contributed by atoms with E-state index in [-0.39, 0.29) is 11.5 Å². The molecule has 3 unspecified atom stereocenters. The number of furan rings is 1. The van der Waals surface area contributed by atoms with Gasteiger partial charge in [0.2, 0.25) is 0 Å². The summed E-state index contributed by atoms with van der Waals surface area (Å²) in [5.41, 5.74) is 9.44. The third-order valence-corrected chi connectivity index (χ3v) is 18.6. The van der Waals surface area contributed by atoms with Gasteiger partial charge in [0.1, 0.15) is 11.2 Å². The number of rotatable bonds is 6. The largest absolute Gasteiger partial charge is 0.456 e. The van der Waals surface area contributed by atoms with Crippen molar-refractivity contribution >= 4 is 89.2 Å². The molecule has 3 atom stereocenters. The van der Waals surface area contributed by atoms with E-state index in [0.29, 0.717) is 5.56 Å². The lowest BCUT2D eigenvalue weighted by molar-refractivity contribution is 0.669. The average Bonchev–Trinajstić information content (AvgIpc) is 3.98. The van der Waals surface area contributed by atoms with Crippen LogP contribution in [-0.4, -0.2) is 17.2 Å². The second-order valence-electron chi connectivity index (χ2n) is 16.4. The lowest BCUT2D eigenvalue weighted by Crippen LogP contribution is -2.70. The molecule has 1 aliphatic carbocycles. The summed E-state index contributed by atoms with van der Waals surface area (Å²) >= 11 is 0. The summed E-state index contributed by atoms with van der Waals surface area (Å²) in [5, 5.41) is 20.8. The van der Waals surface area contributed by atoms with Crippen molar-refractivity contribution in [2.45, 2.75) is 12.5 Å². The molecule has 288 valence electrons. The number of allylic oxidation sites excluding steroid dienone is 4. The van der Waals surface area contributed by atoms with Crippen molar-refractivity contribution in [3.8, 4) is 17.4 Å². The van der Waals surface area contributed by atoms with Crippen LogP contribution in [0.1, 0.15) is 12.5 Å². The highest BCUT2D eigenvalue weighted by Crippen LogP contribution is 2.42. The average molecular weight is 798 g/mol. The van der Waals surface area contributed by atoms with Gasteiger partial charge in [-0.1, -0.05) is 140 Å². The molecule has 0 bridgehead atoms. The second-order valence-corrected chi connectivity index (χ2v) is 20.4. The van der Waals surface area contributed by atoms with Crippen molar-refractivity contribution in [1.82, 2.24) is 9.13 Å². The topological polar surface area (TPSA) is 46.8 Å². The Morgan fingerprint density at radius 3 is 1.84 bits per heavy atom. The molecule has 5 heteroatoms. The Morgan fingerprint density at radius 2 is 1.10 bits per heavy atom. The summed E-state index contributed by atoms with van der Waals surface area (Å²) in [5.74, 6) is 0.284. The van der Waals surface area contributed by atoms with Crippen molar-refractivity contribution in [3.63, 3.8) is 0 Å². The number of hydrogen-bond donors (Lipinski definition) is 0. The quantitative estimate of drug-likeness (QED) is 0.124. The SMILES string of the molecule is CC1C=CC=CC1[Si](c1ccccc1)(c1cccc(-n2c3ccccc3c3cc(C#N)ccc32)c1)c1cccc(-n2c3ccccc3c3ccc4oc5ccccc5c4c32)c1. The van der Waals surface area contributed by atoms with Crippen LogP contribution in [-0.2, 0) is 0 Å². The van der Waals surface area contributed by atoms with Crippen LogP contribution in [0.15, 0.2) is 211 Å². The van der Waals surface area contributed by atoms with Crippen LogP contribution >= 0.6 is 0 Å². The summed E-state index contributed by atoms with van der Waals surface area (Å²) < 4.78 is 11.4. The van der Waals surface area contributed by atoms with Crippen LogP contribution in [0, 0.1) is 17.2 Å². The molecule has 0 radical (unpaired) electrons. The molecule has 61 heavy (non-hydrogen) atoms. The Kier molecular flexibility index (Phi) is 7.93. The maximum atomic E-state index is 9.88. The van der Waals surface area contributed by atoms with Crippen molar-refractivity contribution in [2.24, 2.45) is 5.92 Å². The molecule has 0 spiro atoms. The van der Waals surface area contributed by atoms with Crippen LogP contribution in [0.25, 0.3) is 76.9 Å². The Balaban J connectivity index is 1.17. The van der Waals surface area contributed by atoms with Gasteiger partial charge in [-0.05, 0) is 99.8 Å². The lowest BCUT2D eigenvalue weighted by atomic mass is 10.0. The third-order valence-electron chi connectivity index (χ3n) is 13.2. The van der Waals surface area contributed by atoms with Gasteiger partial charge >= 0.3 is 0 Å². The predicted molar refractivity (Wildman–Crippen MR) is 256 cm³/mol. The number of aromatic nitrogens is 2. The fourth-order valence-corrected chi connectivity index (χ4v) is 16.3. The Labute approximate surface area is 354 Å². The van der Waals surface area contributed by atoms with Crippen LogP contribution < -0.4 is 15.6 Å². The summed E-state index contributed by atoms with van der Waals surface area (Å²) in [6, 6.07) is 68.7. The third kappa shape index (κ3) is 5.16. The Hall–Kier alpha value is -7.65. The highest BCUT2D eigenvalue weighted by Gasteiger charge is 2.48. The number of hydrogen-bond acceptors (Lipinski definition) is 2. The first-order chi connectivity index (χ1) is 30.1. The molecule has 4 nitrogen and oxygen atoms in total. The van der Waals surface area contributed by atoms with E-state index in [1.54, 1.807) is 0 Å². The fraction of sp³-hybridized carbons (Fsp3) is 0.0536. The molecule has 3 aromatic heterocycles. The van der Waals surface area contributed by atoms with E-state index in [2.05, 4.69) is 210 Å². The van der Waals surface area contributed by atoms with Crippen molar-refractivity contribution in [3.05, 3.63) is 212 Å². The zero-order valence-electron chi connectivity index (χ0n) is 33.5. The van der Waals surface area contributed by atoms with Gasteiger partial charge in [0.25, 0.3) is 0 Å². The molecule has 0 saturated heterocycles. The first-order valence-electron chi connectivity index (χ1n) is 21.0. The molecule has 0 aliphatic heterocycles. The molecule has 1 aliphatic rings. The molecule has 11 aromatic rings. The Morgan fingerprint density at radius 1 is 0.492 bits per heavy atom. The number of nitriles is 1. The molecule has 12 rings (SSSR count). The Bertz CT molecular complexity index is 3650. The molecule has 0 amide bonds. The van der Waals surface area contributed by atoms with E-state index in [1.807, 2.05) is 18.2 Å². The molecular weight excluding hydrogens is 759 g/mol. The number of benzene rings is 8. The van der Waals surface area contributed by atoms with Crippen molar-refractivity contribution in [2.75, 3.05) is 0 Å². The van der Waals surface area contributed by atoms with E-state index in [4.69, 9.17) is 4.42 Å². The van der Waals surface area contributed by atoms with Crippen molar-refractivity contribution in [1.29, 1.82) is 5.26 Å². The molecule has 8 aromatic carbocycles. The minimum atomic E-state index is -2.97. The maximum Gasteiger partial charge on any atom is 0.155 e. The number of fused-ring (bicyclic) bond motifs is 10. The van der Waals surface area contributed by atoms with Gasteiger partial charge in [-0.25, -0.2) is 0 Å². The molecule has 3 heterocycles. The van der Waals surface area contributed by atoms with Crippen LogP contribution in [0.3, 0.4) is 0 Å². The summed E-state index contributed by atoms with van der Waals surface area (Å²) in [6.45, 7) is 2.39. The predicted octanol–water partition coefficient (Wildman–Crippen LogP) is 12.3. The van der Waals surface area contributed by atoms with Gasteiger partial charge in [0, 0.05) is 38.3 Å². The minimum absolute atomic E-state index is 0.212.